The summed E-state index contributed by atoms with van der Waals surface area (Å²) in [4.78, 5) is 35.3. The molecule has 1 atom stereocenters. The maximum atomic E-state index is 13.0. The Kier molecular flexibility index (Phi) is 6.77. The fourth-order valence-electron chi connectivity index (χ4n) is 3.47. The molecule has 1 aliphatic heterocycles. The molecule has 2 aromatic rings. The SMILES string of the molecule is CCC[C@H]1CN(c2cnc(C(F)(F)F)nc2)C(=O)N1CC(=O)c1cccc(OCC)c1. The zero-order valence-electron chi connectivity index (χ0n) is 17.2. The van der Waals surface area contributed by atoms with Gasteiger partial charge in [-0.05, 0) is 25.5 Å². The summed E-state index contributed by atoms with van der Waals surface area (Å²) in [6.07, 6.45) is -1.27. The zero-order chi connectivity index (χ0) is 22.6. The smallest absolute Gasteiger partial charge is 0.451 e. The third kappa shape index (κ3) is 5.12. The molecule has 1 aromatic heterocycles. The first kappa shape index (κ1) is 22.5. The third-order valence-electron chi connectivity index (χ3n) is 4.92. The molecule has 0 saturated carbocycles. The number of amides is 2. The van der Waals surface area contributed by atoms with Gasteiger partial charge in [-0.1, -0.05) is 25.5 Å². The molecule has 0 bridgehead atoms. The number of carbonyl (C=O) groups is 2. The van der Waals surface area contributed by atoms with Crippen LogP contribution in [0.4, 0.5) is 23.7 Å². The molecule has 0 aliphatic carbocycles. The van der Waals surface area contributed by atoms with Crippen LogP contribution in [0.2, 0.25) is 0 Å². The maximum absolute atomic E-state index is 13.0. The molecule has 0 N–H and O–H groups in total. The molecule has 166 valence electrons. The second-order valence-corrected chi connectivity index (χ2v) is 7.11. The number of rotatable bonds is 8. The molecular weight excluding hydrogens is 413 g/mol. The number of alkyl halides is 3. The highest BCUT2D eigenvalue weighted by atomic mass is 19.4. The van der Waals surface area contributed by atoms with E-state index in [0.29, 0.717) is 24.3 Å². The molecule has 31 heavy (non-hydrogen) atoms. The molecular formula is C21H23F3N4O3. The van der Waals surface area contributed by atoms with E-state index < -0.39 is 18.0 Å². The van der Waals surface area contributed by atoms with Crippen molar-refractivity contribution in [2.45, 2.75) is 38.9 Å². The second kappa shape index (κ2) is 9.32. The van der Waals surface area contributed by atoms with Crippen LogP contribution in [0, 0.1) is 0 Å². The van der Waals surface area contributed by atoms with Crippen LogP contribution >= 0.6 is 0 Å². The zero-order valence-corrected chi connectivity index (χ0v) is 17.2. The Labute approximate surface area is 177 Å². The van der Waals surface area contributed by atoms with Gasteiger partial charge in [-0.15, -0.1) is 0 Å². The lowest BCUT2D eigenvalue weighted by Gasteiger charge is -2.22. The summed E-state index contributed by atoms with van der Waals surface area (Å²) < 4.78 is 43.6. The number of nitrogens with zero attached hydrogens (tertiary/aromatic N) is 4. The summed E-state index contributed by atoms with van der Waals surface area (Å²) >= 11 is 0. The van der Waals surface area contributed by atoms with Crippen LogP contribution in [0.15, 0.2) is 36.7 Å². The van der Waals surface area contributed by atoms with Gasteiger partial charge in [0, 0.05) is 12.1 Å². The minimum atomic E-state index is -4.66. The van der Waals surface area contributed by atoms with E-state index in [4.69, 9.17) is 4.74 Å². The number of anilines is 1. The molecule has 2 amide bonds. The number of halogens is 3. The van der Waals surface area contributed by atoms with Crippen molar-refractivity contribution in [2.24, 2.45) is 0 Å². The average Bonchev–Trinajstić information content (AvgIpc) is 3.04. The lowest BCUT2D eigenvalue weighted by atomic mass is 10.1. The Balaban J connectivity index is 1.79. The highest BCUT2D eigenvalue weighted by Crippen LogP contribution is 2.29. The number of urea groups is 1. The van der Waals surface area contributed by atoms with E-state index in [9.17, 15) is 22.8 Å². The molecule has 0 radical (unpaired) electrons. The van der Waals surface area contributed by atoms with Gasteiger partial charge in [0.25, 0.3) is 0 Å². The van der Waals surface area contributed by atoms with E-state index in [1.165, 1.54) is 9.80 Å². The van der Waals surface area contributed by atoms with E-state index in [0.717, 1.165) is 18.8 Å². The monoisotopic (exact) mass is 436 g/mol. The minimum Gasteiger partial charge on any atom is -0.494 e. The lowest BCUT2D eigenvalue weighted by molar-refractivity contribution is -0.144. The van der Waals surface area contributed by atoms with Crippen LogP contribution in [0.3, 0.4) is 0 Å². The second-order valence-electron chi connectivity index (χ2n) is 7.11. The first-order valence-electron chi connectivity index (χ1n) is 9.98. The molecule has 1 aliphatic rings. The Morgan fingerprint density at radius 1 is 1.23 bits per heavy atom. The number of aromatic nitrogens is 2. The fourth-order valence-corrected chi connectivity index (χ4v) is 3.47. The number of benzene rings is 1. The summed E-state index contributed by atoms with van der Waals surface area (Å²) in [7, 11) is 0. The van der Waals surface area contributed by atoms with Gasteiger partial charge in [0.05, 0.1) is 37.3 Å². The first-order chi connectivity index (χ1) is 14.7. The standard InChI is InChI=1S/C21H23F3N4O3/c1-3-6-15-12-27(16-10-25-19(26-11-16)21(22,23)24)20(30)28(15)13-18(29)14-7-5-8-17(9-14)31-4-2/h5,7-11,15H,3-4,6,12-13H2,1-2H3/t15-/m0/s1. The van der Waals surface area contributed by atoms with Crippen LogP contribution in [0.5, 0.6) is 5.75 Å². The topological polar surface area (TPSA) is 75.6 Å². The van der Waals surface area contributed by atoms with Crippen molar-refractivity contribution in [1.82, 2.24) is 14.9 Å². The predicted octanol–water partition coefficient (Wildman–Crippen LogP) is 4.19. The maximum Gasteiger partial charge on any atom is 0.451 e. The highest BCUT2D eigenvalue weighted by molar-refractivity contribution is 6.02. The van der Waals surface area contributed by atoms with Crippen molar-refractivity contribution >= 4 is 17.5 Å². The van der Waals surface area contributed by atoms with Gasteiger partial charge in [0.2, 0.25) is 5.82 Å². The molecule has 3 rings (SSSR count). The van der Waals surface area contributed by atoms with E-state index in [2.05, 4.69) is 9.97 Å². The average molecular weight is 436 g/mol. The molecule has 10 heteroatoms. The third-order valence-corrected chi connectivity index (χ3v) is 4.92. The van der Waals surface area contributed by atoms with Crippen LogP contribution in [-0.4, -0.2) is 52.4 Å². The lowest BCUT2D eigenvalue weighted by Crippen LogP contribution is -2.39. The summed E-state index contributed by atoms with van der Waals surface area (Å²) in [5, 5.41) is 0. The van der Waals surface area contributed by atoms with Crippen LogP contribution in [0.1, 0.15) is 42.9 Å². The van der Waals surface area contributed by atoms with Crippen molar-refractivity contribution in [2.75, 3.05) is 24.6 Å². The van der Waals surface area contributed by atoms with Gasteiger partial charge in [0.15, 0.2) is 5.78 Å². The minimum absolute atomic E-state index is 0.142. The van der Waals surface area contributed by atoms with E-state index in [-0.39, 0.29) is 30.6 Å². The summed E-state index contributed by atoms with van der Waals surface area (Å²) in [5.74, 6) is -0.953. The molecule has 1 aromatic carbocycles. The largest absolute Gasteiger partial charge is 0.494 e. The molecule has 2 heterocycles. The number of ether oxygens (including phenoxy) is 1. The highest BCUT2D eigenvalue weighted by Gasteiger charge is 2.40. The van der Waals surface area contributed by atoms with Gasteiger partial charge in [-0.3, -0.25) is 9.69 Å². The number of carbonyl (C=O) groups excluding carboxylic acids is 2. The molecule has 0 spiro atoms. The van der Waals surface area contributed by atoms with Crippen molar-refractivity contribution in [3.05, 3.63) is 48.0 Å². The van der Waals surface area contributed by atoms with E-state index in [1.54, 1.807) is 24.3 Å². The van der Waals surface area contributed by atoms with Crippen LogP contribution < -0.4 is 9.64 Å². The summed E-state index contributed by atoms with van der Waals surface area (Å²) in [6, 6.07) is 6.02. The van der Waals surface area contributed by atoms with Crippen molar-refractivity contribution in [3.8, 4) is 5.75 Å². The number of hydrogen-bond donors (Lipinski definition) is 0. The Morgan fingerprint density at radius 3 is 2.55 bits per heavy atom. The quantitative estimate of drug-likeness (QED) is 0.580. The summed E-state index contributed by atoms with van der Waals surface area (Å²) in [6.45, 7) is 4.36. The van der Waals surface area contributed by atoms with Gasteiger partial charge in [0.1, 0.15) is 5.75 Å². The van der Waals surface area contributed by atoms with Gasteiger partial charge < -0.3 is 9.64 Å². The van der Waals surface area contributed by atoms with E-state index in [1.807, 2.05) is 13.8 Å². The molecule has 7 nitrogen and oxygen atoms in total. The number of hydrogen-bond acceptors (Lipinski definition) is 5. The van der Waals surface area contributed by atoms with Crippen molar-refractivity contribution in [3.63, 3.8) is 0 Å². The Bertz CT molecular complexity index is 934. The van der Waals surface area contributed by atoms with Crippen LogP contribution in [0.25, 0.3) is 0 Å². The molecule has 1 saturated heterocycles. The van der Waals surface area contributed by atoms with Crippen molar-refractivity contribution < 1.29 is 27.5 Å². The van der Waals surface area contributed by atoms with Gasteiger partial charge in [-0.2, -0.15) is 13.2 Å². The summed E-state index contributed by atoms with van der Waals surface area (Å²) in [5.41, 5.74) is 0.581. The number of Topliss-reactive ketones (excluding diaryl/α,β-unsaturated/α-hetero) is 1. The van der Waals surface area contributed by atoms with Crippen molar-refractivity contribution in [1.29, 1.82) is 0 Å². The van der Waals surface area contributed by atoms with Crippen LogP contribution in [-0.2, 0) is 6.18 Å². The van der Waals surface area contributed by atoms with E-state index >= 15 is 0 Å². The molecule has 0 unspecified atom stereocenters. The van der Waals surface area contributed by atoms with Gasteiger partial charge in [-0.25, -0.2) is 14.8 Å². The Morgan fingerprint density at radius 2 is 1.94 bits per heavy atom. The normalized spacial score (nSPS) is 16.7. The first-order valence-corrected chi connectivity index (χ1v) is 9.98. The Hall–Kier alpha value is -3.17. The predicted molar refractivity (Wildman–Crippen MR) is 107 cm³/mol. The van der Waals surface area contributed by atoms with Gasteiger partial charge >= 0.3 is 12.2 Å². The number of ketones is 1. The molecule has 1 fully saturated rings. The fraction of sp³-hybridized carbons (Fsp3) is 0.429.